The number of likely N-dealkylation sites (tertiary alicyclic amines) is 1. The van der Waals surface area contributed by atoms with Gasteiger partial charge in [0.1, 0.15) is 18.1 Å². The lowest BCUT2D eigenvalue weighted by atomic mass is 10.1. The lowest BCUT2D eigenvalue weighted by Gasteiger charge is -2.29. The van der Waals surface area contributed by atoms with E-state index in [4.69, 9.17) is 9.26 Å². The zero-order chi connectivity index (χ0) is 18.7. The van der Waals surface area contributed by atoms with Gasteiger partial charge in [-0.1, -0.05) is 22.9 Å². The van der Waals surface area contributed by atoms with E-state index in [0.29, 0.717) is 17.0 Å². The van der Waals surface area contributed by atoms with Crippen LogP contribution in [0.1, 0.15) is 45.8 Å². The topological polar surface area (TPSA) is 67.6 Å². The van der Waals surface area contributed by atoms with Gasteiger partial charge < -0.3 is 19.5 Å². The number of aromatic nitrogens is 1. The fourth-order valence-electron chi connectivity index (χ4n) is 3.26. The first-order valence-electron chi connectivity index (χ1n) is 9.08. The van der Waals surface area contributed by atoms with E-state index in [1.165, 1.54) is 5.56 Å². The molecule has 1 fully saturated rings. The predicted octanol–water partition coefficient (Wildman–Crippen LogP) is 3.00. The number of nitrogens with zero attached hydrogens (tertiary/aromatic N) is 2. The van der Waals surface area contributed by atoms with Crippen LogP contribution >= 0.6 is 0 Å². The van der Waals surface area contributed by atoms with Crippen LogP contribution in [0.2, 0.25) is 0 Å². The quantitative estimate of drug-likeness (QED) is 0.891. The van der Waals surface area contributed by atoms with Gasteiger partial charge >= 0.3 is 0 Å². The zero-order valence-electron chi connectivity index (χ0n) is 16.0. The van der Waals surface area contributed by atoms with Crippen molar-refractivity contribution in [2.24, 2.45) is 0 Å². The van der Waals surface area contributed by atoms with Gasteiger partial charge in [-0.3, -0.25) is 4.79 Å². The highest BCUT2D eigenvalue weighted by Crippen LogP contribution is 2.22. The Morgan fingerprint density at radius 2 is 2.04 bits per heavy atom. The number of ether oxygens (including phenoxy) is 1. The summed E-state index contributed by atoms with van der Waals surface area (Å²) in [5, 5.41) is 7.05. The average molecular weight is 357 g/mol. The number of amides is 1. The van der Waals surface area contributed by atoms with Crippen molar-refractivity contribution in [3.8, 4) is 5.75 Å². The second kappa shape index (κ2) is 7.91. The number of hydrogen-bond donors (Lipinski definition) is 1. The predicted molar refractivity (Wildman–Crippen MR) is 99.5 cm³/mol. The van der Waals surface area contributed by atoms with E-state index >= 15 is 0 Å². The van der Waals surface area contributed by atoms with E-state index in [-0.39, 0.29) is 18.6 Å². The van der Waals surface area contributed by atoms with E-state index in [1.807, 2.05) is 26.0 Å². The molecule has 0 unspecified atom stereocenters. The molecule has 1 N–H and O–H groups in total. The molecule has 0 aliphatic carbocycles. The number of carbonyl (C=O) groups is 1. The molecular formula is C20H27N3O3. The fourth-order valence-corrected chi connectivity index (χ4v) is 3.26. The third kappa shape index (κ3) is 4.25. The Bertz CT molecular complexity index is 777. The highest BCUT2D eigenvalue weighted by molar-refractivity contribution is 5.94. The van der Waals surface area contributed by atoms with Crippen LogP contribution in [0.25, 0.3) is 0 Å². The zero-order valence-corrected chi connectivity index (χ0v) is 16.0. The van der Waals surface area contributed by atoms with Crippen molar-refractivity contribution in [1.29, 1.82) is 0 Å². The Kier molecular flexibility index (Phi) is 5.61. The number of hydrogen-bond acceptors (Lipinski definition) is 5. The molecule has 0 saturated carbocycles. The van der Waals surface area contributed by atoms with Crippen LogP contribution in [0.3, 0.4) is 0 Å². The fraction of sp³-hybridized carbons (Fsp3) is 0.500. The van der Waals surface area contributed by atoms with Gasteiger partial charge in [-0.05, 0) is 65.4 Å². The van der Waals surface area contributed by atoms with Gasteiger partial charge in [0.25, 0.3) is 5.91 Å². The number of rotatable bonds is 5. The molecule has 1 aromatic carbocycles. The molecule has 3 rings (SSSR count). The molecule has 1 aromatic heterocycles. The van der Waals surface area contributed by atoms with Crippen molar-refractivity contribution < 1.29 is 14.1 Å². The minimum absolute atomic E-state index is 0.184. The van der Waals surface area contributed by atoms with Gasteiger partial charge in [-0.2, -0.15) is 0 Å². The molecule has 140 valence electrons. The highest BCUT2D eigenvalue weighted by Gasteiger charge is 2.24. The summed E-state index contributed by atoms with van der Waals surface area (Å²) < 4.78 is 11.2. The minimum Gasteiger partial charge on any atom is -0.488 e. The van der Waals surface area contributed by atoms with Crippen molar-refractivity contribution >= 4 is 5.91 Å². The van der Waals surface area contributed by atoms with Crippen LogP contribution in [0, 0.1) is 20.8 Å². The highest BCUT2D eigenvalue weighted by atomic mass is 16.5. The van der Waals surface area contributed by atoms with Crippen molar-refractivity contribution in [1.82, 2.24) is 15.4 Å². The van der Waals surface area contributed by atoms with Crippen LogP contribution < -0.4 is 10.1 Å². The van der Waals surface area contributed by atoms with Gasteiger partial charge in [-0.25, -0.2) is 0 Å². The molecule has 1 aliphatic rings. The normalized spacial score (nSPS) is 15.8. The Labute approximate surface area is 154 Å². The van der Waals surface area contributed by atoms with Crippen LogP contribution in [0.15, 0.2) is 22.7 Å². The van der Waals surface area contributed by atoms with Gasteiger partial charge in [0.2, 0.25) is 0 Å². The first-order valence-corrected chi connectivity index (χ1v) is 9.08. The average Bonchev–Trinajstić information content (AvgIpc) is 2.97. The lowest BCUT2D eigenvalue weighted by molar-refractivity contribution is 0.0905. The molecule has 6 heteroatoms. The number of nitrogens with one attached hydrogen (secondary N) is 1. The third-order valence-electron chi connectivity index (χ3n) is 4.96. The van der Waals surface area contributed by atoms with Crippen LogP contribution in [-0.4, -0.2) is 42.1 Å². The Balaban J connectivity index is 1.67. The molecule has 1 saturated heterocycles. The Morgan fingerprint density at radius 3 is 2.73 bits per heavy atom. The van der Waals surface area contributed by atoms with Gasteiger partial charge in [0.15, 0.2) is 5.69 Å². The van der Waals surface area contributed by atoms with Crippen molar-refractivity contribution in [3.05, 3.63) is 46.3 Å². The summed E-state index contributed by atoms with van der Waals surface area (Å²) in [5.41, 5.74) is 3.28. The maximum Gasteiger partial charge on any atom is 0.274 e. The molecule has 1 amide bonds. The molecule has 6 nitrogen and oxygen atoms in total. The minimum atomic E-state index is -0.185. The first kappa shape index (κ1) is 18.5. The van der Waals surface area contributed by atoms with E-state index in [0.717, 1.165) is 37.2 Å². The Hall–Kier alpha value is -2.34. The van der Waals surface area contributed by atoms with Gasteiger partial charge in [0, 0.05) is 6.04 Å². The van der Waals surface area contributed by atoms with Crippen LogP contribution in [0.5, 0.6) is 5.75 Å². The third-order valence-corrected chi connectivity index (χ3v) is 4.96. The molecule has 1 aliphatic heterocycles. The van der Waals surface area contributed by atoms with Crippen LogP contribution in [-0.2, 0) is 6.61 Å². The molecule has 0 radical (unpaired) electrons. The van der Waals surface area contributed by atoms with Crippen LogP contribution in [0.4, 0.5) is 0 Å². The van der Waals surface area contributed by atoms with Gasteiger partial charge in [-0.15, -0.1) is 0 Å². The maximum atomic E-state index is 12.6. The maximum absolute atomic E-state index is 12.6. The summed E-state index contributed by atoms with van der Waals surface area (Å²) in [6.45, 7) is 8.11. The summed E-state index contributed by atoms with van der Waals surface area (Å²) in [7, 11) is 2.10. The van der Waals surface area contributed by atoms with Gasteiger partial charge in [0.05, 0.1) is 5.56 Å². The van der Waals surface area contributed by atoms with E-state index in [1.54, 1.807) is 6.92 Å². The molecule has 0 bridgehead atoms. The van der Waals surface area contributed by atoms with E-state index < -0.39 is 0 Å². The molecule has 2 aromatic rings. The van der Waals surface area contributed by atoms with Crippen molar-refractivity contribution in [2.75, 3.05) is 20.1 Å². The summed E-state index contributed by atoms with van der Waals surface area (Å²) in [4.78, 5) is 14.9. The SMILES string of the molecule is Cc1ccc(OCc2c(C(=O)NC3CCN(C)CC3)noc2C)c(C)c1. The number of benzene rings is 1. The number of piperidine rings is 1. The smallest absolute Gasteiger partial charge is 0.274 e. The summed E-state index contributed by atoms with van der Waals surface area (Å²) in [6, 6.07) is 6.22. The second-order valence-electron chi connectivity index (χ2n) is 7.17. The molecule has 0 spiro atoms. The largest absolute Gasteiger partial charge is 0.488 e. The van der Waals surface area contributed by atoms with Crippen molar-refractivity contribution in [2.45, 2.75) is 46.3 Å². The van der Waals surface area contributed by atoms with Crippen molar-refractivity contribution in [3.63, 3.8) is 0 Å². The molecule has 2 heterocycles. The van der Waals surface area contributed by atoms with E-state index in [2.05, 4.69) is 28.5 Å². The molecular weight excluding hydrogens is 330 g/mol. The van der Waals surface area contributed by atoms with E-state index in [9.17, 15) is 4.79 Å². The Morgan fingerprint density at radius 1 is 1.31 bits per heavy atom. The molecule has 0 atom stereocenters. The monoisotopic (exact) mass is 357 g/mol. The number of carbonyl (C=O) groups excluding carboxylic acids is 1. The summed E-state index contributed by atoms with van der Waals surface area (Å²) >= 11 is 0. The lowest BCUT2D eigenvalue weighted by Crippen LogP contribution is -2.43. The molecule has 26 heavy (non-hydrogen) atoms. The second-order valence-corrected chi connectivity index (χ2v) is 7.17. The number of aryl methyl sites for hydroxylation is 3. The first-order chi connectivity index (χ1) is 12.4. The standard InChI is InChI=1S/C20H27N3O3/c1-13-5-6-18(14(2)11-13)25-12-17-15(3)26-22-19(17)20(24)21-16-7-9-23(4)10-8-16/h5-6,11,16H,7-10,12H2,1-4H3,(H,21,24). The summed E-state index contributed by atoms with van der Waals surface area (Å²) in [5.74, 6) is 1.23. The summed E-state index contributed by atoms with van der Waals surface area (Å²) in [6.07, 6.45) is 1.90.